The average Bonchev–Trinajstić information content (AvgIpc) is 3.34. The third-order valence-electron chi connectivity index (χ3n) is 8.73. The van der Waals surface area contributed by atoms with Crippen LogP contribution in [0.15, 0.2) is 30.6 Å². The van der Waals surface area contributed by atoms with Gasteiger partial charge in [0.05, 0.1) is 28.6 Å². The van der Waals surface area contributed by atoms with Crippen molar-refractivity contribution < 1.29 is 32.6 Å². The predicted molar refractivity (Wildman–Crippen MR) is 160 cm³/mol. The number of imidazole rings is 1. The predicted octanol–water partition coefficient (Wildman–Crippen LogP) is 5.27. The van der Waals surface area contributed by atoms with Gasteiger partial charge in [-0.15, -0.1) is 0 Å². The van der Waals surface area contributed by atoms with Crippen molar-refractivity contribution >= 4 is 23.3 Å². The number of likely N-dealkylation sites (tertiary alicyclic amines) is 2. The molecule has 2 saturated heterocycles. The fourth-order valence-electron chi connectivity index (χ4n) is 6.21. The van der Waals surface area contributed by atoms with Gasteiger partial charge in [-0.3, -0.25) is 9.69 Å². The van der Waals surface area contributed by atoms with Crippen LogP contribution in [0.2, 0.25) is 0 Å². The van der Waals surface area contributed by atoms with Gasteiger partial charge in [-0.2, -0.15) is 0 Å². The summed E-state index contributed by atoms with van der Waals surface area (Å²) in [5.41, 5.74) is -1.54. The highest BCUT2D eigenvalue weighted by Crippen LogP contribution is 2.55. The van der Waals surface area contributed by atoms with E-state index in [1.54, 1.807) is 11.1 Å². The molecule has 1 saturated carbocycles. The van der Waals surface area contributed by atoms with E-state index in [4.69, 9.17) is 4.74 Å². The quantitative estimate of drug-likeness (QED) is 0.383. The second-order valence-corrected chi connectivity index (χ2v) is 14.0. The molecule has 1 atom stereocenters. The molecular weight excluding hydrogens is 589 g/mol. The number of alkyl halides is 2. The molecule has 3 aliphatic rings. The molecule has 10 nitrogen and oxygen atoms in total. The topological polar surface area (TPSA) is 112 Å². The Morgan fingerprint density at radius 1 is 1.04 bits per heavy atom. The molecule has 3 fully saturated rings. The van der Waals surface area contributed by atoms with E-state index in [1.165, 1.54) is 42.6 Å². The van der Waals surface area contributed by atoms with E-state index in [0.717, 1.165) is 25.9 Å². The Labute approximate surface area is 259 Å². The third-order valence-corrected chi connectivity index (χ3v) is 8.73. The highest BCUT2D eigenvalue weighted by molar-refractivity contribution is 6.03. The molecule has 45 heavy (non-hydrogen) atoms. The van der Waals surface area contributed by atoms with Crippen molar-refractivity contribution in [2.45, 2.75) is 88.9 Å². The Morgan fingerprint density at radius 2 is 1.71 bits per heavy atom. The van der Waals surface area contributed by atoms with Crippen LogP contribution in [0, 0.1) is 5.82 Å². The van der Waals surface area contributed by atoms with Crippen LogP contribution in [0.4, 0.5) is 23.7 Å². The maximum absolute atomic E-state index is 16.0. The largest absolute Gasteiger partial charge is 0.444 e. The Kier molecular flexibility index (Phi) is 7.63. The van der Waals surface area contributed by atoms with Gasteiger partial charge in [-0.05, 0) is 72.7 Å². The lowest BCUT2D eigenvalue weighted by molar-refractivity contribution is -0.0197. The number of halogens is 3. The van der Waals surface area contributed by atoms with E-state index in [-0.39, 0.29) is 52.8 Å². The number of hydrogen-bond donors (Lipinski definition) is 2. The Bertz CT molecular complexity index is 1630. The summed E-state index contributed by atoms with van der Waals surface area (Å²) in [5, 5.41) is 13.5. The summed E-state index contributed by atoms with van der Waals surface area (Å²) < 4.78 is 50.2. The second-order valence-electron chi connectivity index (χ2n) is 14.0. The number of anilines is 1. The number of carbonyl (C=O) groups excluding carboxylic acids is 2. The number of nitrogens with zero attached hydrogens (tertiary/aromatic N) is 5. The zero-order valence-corrected chi connectivity index (χ0v) is 26.1. The first-order chi connectivity index (χ1) is 21.0. The molecule has 1 unspecified atom stereocenters. The number of ether oxygens (including phenoxy) is 1. The van der Waals surface area contributed by atoms with Crippen LogP contribution in [0.1, 0.15) is 93.2 Å². The first-order valence-electron chi connectivity index (χ1n) is 15.3. The highest BCUT2D eigenvalue weighted by Gasteiger charge is 2.58. The lowest BCUT2D eigenvalue weighted by atomic mass is 9.92. The summed E-state index contributed by atoms with van der Waals surface area (Å²) in [4.78, 5) is 38.3. The summed E-state index contributed by atoms with van der Waals surface area (Å²) in [7, 11) is 0. The minimum atomic E-state index is -2.83. The molecule has 2 amide bonds. The van der Waals surface area contributed by atoms with Crippen LogP contribution < -0.4 is 5.32 Å². The van der Waals surface area contributed by atoms with Crippen molar-refractivity contribution in [1.29, 1.82) is 0 Å². The number of carbonyl (C=O) groups is 2. The summed E-state index contributed by atoms with van der Waals surface area (Å²) >= 11 is 0. The van der Waals surface area contributed by atoms with E-state index in [0.29, 0.717) is 18.8 Å². The van der Waals surface area contributed by atoms with Crippen molar-refractivity contribution in [3.05, 3.63) is 59.1 Å². The molecule has 0 radical (unpaired) electrons. The molecule has 3 aromatic heterocycles. The van der Waals surface area contributed by atoms with Crippen molar-refractivity contribution in [2.75, 3.05) is 31.5 Å². The molecule has 242 valence electrons. The molecule has 5 heterocycles. The van der Waals surface area contributed by atoms with Crippen LogP contribution in [-0.4, -0.2) is 85.0 Å². The maximum Gasteiger partial charge on any atom is 0.410 e. The standard InChI is InChI=1S/C32H39F3N6O4/c1-30(2,3)45-29(43)41-14-19(15-41)39-11-9-18(10-12-39)23-16-40-17-24(25(31(4,5)44)26(33)27(40)37-23)38-28(42)22-8-6-7-21(36-22)20-13-32(20,34)35/h6-8,16-20,44H,9-15H2,1-5H3,(H,38,42). The van der Waals surface area contributed by atoms with Crippen LogP contribution in [-0.2, 0) is 10.3 Å². The highest BCUT2D eigenvalue weighted by atomic mass is 19.3. The van der Waals surface area contributed by atoms with Gasteiger partial charge in [0.2, 0.25) is 0 Å². The fraction of sp³-hybridized carbons (Fsp3) is 0.562. The van der Waals surface area contributed by atoms with Gasteiger partial charge in [0.25, 0.3) is 11.8 Å². The summed E-state index contributed by atoms with van der Waals surface area (Å²) in [6, 6.07) is 4.62. The number of amides is 2. The molecule has 0 spiro atoms. The molecule has 2 N–H and O–H groups in total. The number of fused-ring (bicyclic) bond motifs is 1. The molecule has 6 rings (SSSR count). The lowest BCUT2D eigenvalue weighted by Gasteiger charge is -2.47. The molecule has 2 aliphatic heterocycles. The number of pyridine rings is 2. The summed E-state index contributed by atoms with van der Waals surface area (Å²) in [6.45, 7) is 11.2. The Hall–Kier alpha value is -3.71. The van der Waals surface area contributed by atoms with Gasteiger partial charge in [-0.25, -0.2) is 27.9 Å². The van der Waals surface area contributed by atoms with Crippen molar-refractivity contribution in [2.24, 2.45) is 0 Å². The first-order valence-corrected chi connectivity index (χ1v) is 15.3. The summed E-state index contributed by atoms with van der Waals surface area (Å²) in [5.74, 6) is -5.25. The Morgan fingerprint density at radius 3 is 2.31 bits per heavy atom. The number of nitrogens with one attached hydrogen (secondary N) is 1. The van der Waals surface area contributed by atoms with Crippen molar-refractivity contribution in [3.8, 4) is 0 Å². The number of hydrogen-bond acceptors (Lipinski definition) is 7. The first kappa shape index (κ1) is 31.3. The van der Waals surface area contributed by atoms with Gasteiger partial charge in [-0.1, -0.05) is 6.07 Å². The van der Waals surface area contributed by atoms with Crippen LogP contribution >= 0.6 is 0 Å². The normalized spacial score (nSPS) is 21.1. The van der Waals surface area contributed by atoms with Crippen LogP contribution in [0.5, 0.6) is 0 Å². The Balaban J connectivity index is 1.16. The van der Waals surface area contributed by atoms with Gasteiger partial charge in [0, 0.05) is 49.4 Å². The van der Waals surface area contributed by atoms with Crippen LogP contribution in [0.3, 0.4) is 0 Å². The van der Waals surface area contributed by atoms with Gasteiger partial charge < -0.3 is 24.5 Å². The maximum atomic E-state index is 16.0. The average molecular weight is 629 g/mol. The van der Waals surface area contributed by atoms with Gasteiger partial charge in [0.1, 0.15) is 11.3 Å². The lowest BCUT2D eigenvalue weighted by Crippen LogP contribution is -2.62. The van der Waals surface area contributed by atoms with Crippen molar-refractivity contribution in [1.82, 2.24) is 24.2 Å². The SMILES string of the molecule is CC(C)(C)OC(=O)N1CC(N2CCC(c3cn4cc(NC(=O)c5cccc(C6CC6(F)F)n5)c(C(C)(C)O)c(F)c4n3)CC2)C1. The number of aromatic nitrogens is 3. The van der Waals surface area contributed by atoms with E-state index >= 15 is 4.39 Å². The number of rotatable bonds is 6. The van der Waals surface area contributed by atoms with E-state index in [9.17, 15) is 23.5 Å². The van der Waals surface area contributed by atoms with Crippen molar-refractivity contribution in [3.63, 3.8) is 0 Å². The minimum absolute atomic E-state index is 0.0275. The van der Waals surface area contributed by atoms with E-state index < -0.39 is 34.8 Å². The van der Waals surface area contributed by atoms with E-state index in [1.807, 2.05) is 20.8 Å². The molecule has 1 aliphatic carbocycles. The third kappa shape index (κ3) is 6.37. The van der Waals surface area contributed by atoms with Gasteiger partial charge >= 0.3 is 6.09 Å². The summed E-state index contributed by atoms with van der Waals surface area (Å²) in [6.07, 6.45) is 4.24. The zero-order chi connectivity index (χ0) is 32.5. The molecule has 3 aromatic rings. The minimum Gasteiger partial charge on any atom is -0.444 e. The van der Waals surface area contributed by atoms with Crippen LogP contribution in [0.25, 0.3) is 5.65 Å². The monoisotopic (exact) mass is 628 g/mol. The number of aliphatic hydroxyl groups is 1. The zero-order valence-electron chi connectivity index (χ0n) is 26.1. The molecule has 0 bridgehead atoms. The fourth-order valence-corrected chi connectivity index (χ4v) is 6.21. The molecule has 0 aromatic carbocycles. The molecule has 13 heteroatoms. The second kappa shape index (κ2) is 11.0. The smallest absolute Gasteiger partial charge is 0.410 e. The van der Waals surface area contributed by atoms with Gasteiger partial charge in [0.15, 0.2) is 11.5 Å². The molecular formula is C32H39F3N6O4. The van der Waals surface area contributed by atoms with E-state index in [2.05, 4.69) is 20.2 Å². The number of piperidine rings is 1.